The van der Waals surface area contributed by atoms with E-state index in [1.165, 1.54) is 0 Å². The molecule has 8 nitrogen and oxygen atoms in total. The van der Waals surface area contributed by atoms with Crippen molar-refractivity contribution >= 4 is 11.6 Å². The quantitative estimate of drug-likeness (QED) is 0.410. The van der Waals surface area contributed by atoms with Gasteiger partial charge < -0.3 is 9.47 Å². The molecule has 34 heavy (non-hydrogen) atoms. The van der Waals surface area contributed by atoms with Gasteiger partial charge >= 0.3 is 0 Å². The molecule has 180 valence electrons. The van der Waals surface area contributed by atoms with Gasteiger partial charge in [0, 0.05) is 44.3 Å². The van der Waals surface area contributed by atoms with Gasteiger partial charge in [0.2, 0.25) is 0 Å². The second kappa shape index (κ2) is 11.5. The van der Waals surface area contributed by atoms with Gasteiger partial charge in [-0.25, -0.2) is 4.68 Å². The van der Waals surface area contributed by atoms with E-state index in [-0.39, 0.29) is 6.04 Å². The summed E-state index contributed by atoms with van der Waals surface area (Å²) in [6.45, 7) is 9.22. The number of ether oxygens (including phenoxy) is 2. The zero-order valence-electron chi connectivity index (χ0n) is 19.7. The Labute approximate surface area is 205 Å². The number of benzene rings is 2. The van der Waals surface area contributed by atoms with Crippen LogP contribution >= 0.6 is 11.6 Å². The van der Waals surface area contributed by atoms with Gasteiger partial charge in [0.05, 0.1) is 20.3 Å². The Balaban J connectivity index is 1.57. The Morgan fingerprint density at radius 1 is 1.03 bits per heavy atom. The highest BCUT2D eigenvalue weighted by Crippen LogP contribution is 2.30. The van der Waals surface area contributed by atoms with E-state index in [4.69, 9.17) is 21.1 Å². The summed E-state index contributed by atoms with van der Waals surface area (Å²) in [5.41, 5.74) is 2.25. The number of aryl methyl sites for hydroxylation is 2. The van der Waals surface area contributed by atoms with Crippen molar-refractivity contribution in [3.8, 4) is 11.5 Å². The van der Waals surface area contributed by atoms with Gasteiger partial charge in [-0.2, -0.15) is 0 Å². The molecular weight excluding hydrogens is 452 g/mol. The maximum absolute atomic E-state index is 6.18. The van der Waals surface area contributed by atoms with E-state index in [2.05, 4.69) is 44.0 Å². The molecule has 1 aliphatic heterocycles. The van der Waals surface area contributed by atoms with Crippen LogP contribution in [0.1, 0.15) is 23.0 Å². The van der Waals surface area contributed by atoms with Gasteiger partial charge in [0.1, 0.15) is 0 Å². The normalized spacial score (nSPS) is 15.7. The van der Waals surface area contributed by atoms with Crippen molar-refractivity contribution in [2.45, 2.75) is 19.0 Å². The first-order valence-electron chi connectivity index (χ1n) is 11.4. The van der Waals surface area contributed by atoms with Gasteiger partial charge in [-0.3, -0.25) is 9.80 Å². The zero-order chi connectivity index (χ0) is 23.9. The molecule has 1 atom stereocenters. The van der Waals surface area contributed by atoms with Gasteiger partial charge in [-0.1, -0.05) is 35.9 Å². The topological polar surface area (TPSA) is 68.5 Å². The average molecular weight is 483 g/mol. The maximum atomic E-state index is 6.18. The number of piperazine rings is 1. The molecule has 2 aromatic carbocycles. The molecule has 2 heterocycles. The van der Waals surface area contributed by atoms with Crippen LogP contribution in [0.15, 0.2) is 55.1 Å². The number of aromatic nitrogens is 4. The summed E-state index contributed by atoms with van der Waals surface area (Å²) in [4.78, 5) is 4.85. The summed E-state index contributed by atoms with van der Waals surface area (Å²) in [6, 6.07) is 13.9. The lowest BCUT2D eigenvalue weighted by molar-refractivity contribution is 0.112. The molecule has 9 heteroatoms. The molecule has 1 saturated heterocycles. The molecular formula is C25H31ClN6O2. The standard InChI is InChI=1S/C25H31ClN6O2/c1-4-12-30-14-16-31(17-15-30)24(20-6-8-21(26)9-7-20)25-27-28-29-32(25)13-11-19-5-10-22(33-2)23(18-19)34-3/h4-10,18,24H,1,11-17H2,2-3H3/t24-/m1/s1. The molecule has 1 fully saturated rings. The van der Waals surface area contributed by atoms with Gasteiger partial charge in [0.25, 0.3) is 0 Å². The van der Waals surface area contributed by atoms with Crippen LogP contribution < -0.4 is 9.47 Å². The Morgan fingerprint density at radius 2 is 1.76 bits per heavy atom. The van der Waals surface area contributed by atoms with Crippen LogP contribution in [0.25, 0.3) is 0 Å². The first kappa shape index (κ1) is 24.2. The Morgan fingerprint density at radius 3 is 2.44 bits per heavy atom. The van der Waals surface area contributed by atoms with E-state index in [1.54, 1.807) is 14.2 Å². The van der Waals surface area contributed by atoms with E-state index in [1.807, 2.05) is 41.1 Å². The fraction of sp³-hybridized carbons (Fsp3) is 0.400. The van der Waals surface area contributed by atoms with Crippen LogP contribution in [0.5, 0.6) is 11.5 Å². The lowest BCUT2D eigenvalue weighted by Gasteiger charge is -2.38. The van der Waals surface area contributed by atoms with E-state index in [9.17, 15) is 0 Å². The smallest absolute Gasteiger partial charge is 0.173 e. The highest BCUT2D eigenvalue weighted by Gasteiger charge is 2.30. The lowest BCUT2D eigenvalue weighted by atomic mass is 10.0. The SMILES string of the molecule is C=CCN1CCN([C@H](c2ccc(Cl)cc2)c2nnnn2CCc2ccc(OC)c(OC)c2)CC1. The summed E-state index contributed by atoms with van der Waals surface area (Å²) in [7, 11) is 3.28. The van der Waals surface area contributed by atoms with Crippen molar-refractivity contribution in [1.82, 2.24) is 30.0 Å². The monoisotopic (exact) mass is 482 g/mol. The molecule has 0 bridgehead atoms. The number of hydrogen-bond acceptors (Lipinski definition) is 7. The first-order valence-corrected chi connectivity index (χ1v) is 11.8. The molecule has 1 aromatic heterocycles. The van der Waals surface area contributed by atoms with Crippen LogP contribution in [-0.4, -0.2) is 77.0 Å². The molecule has 0 spiro atoms. The minimum atomic E-state index is -0.0523. The summed E-state index contributed by atoms with van der Waals surface area (Å²) < 4.78 is 12.7. The van der Waals surface area contributed by atoms with E-state index in [0.717, 1.165) is 56.1 Å². The molecule has 1 aliphatic rings. The first-order chi connectivity index (χ1) is 16.6. The fourth-order valence-corrected chi connectivity index (χ4v) is 4.52. The van der Waals surface area contributed by atoms with Gasteiger partial charge in [-0.15, -0.1) is 11.7 Å². The van der Waals surface area contributed by atoms with Crippen molar-refractivity contribution in [1.29, 1.82) is 0 Å². The molecule has 0 radical (unpaired) electrons. The van der Waals surface area contributed by atoms with Gasteiger partial charge in [0.15, 0.2) is 17.3 Å². The third-order valence-electron chi connectivity index (χ3n) is 6.21. The molecule has 0 aliphatic carbocycles. The zero-order valence-corrected chi connectivity index (χ0v) is 20.5. The summed E-state index contributed by atoms with van der Waals surface area (Å²) in [5, 5.41) is 13.6. The van der Waals surface area contributed by atoms with Crippen LogP contribution in [-0.2, 0) is 13.0 Å². The highest BCUT2D eigenvalue weighted by atomic mass is 35.5. The van der Waals surface area contributed by atoms with E-state index < -0.39 is 0 Å². The molecule has 0 unspecified atom stereocenters. The number of tetrazole rings is 1. The van der Waals surface area contributed by atoms with Crippen LogP contribution in [0, 0.1) is 0 Å². The predicted molar refractivity (Wildman–Crippen MR) is 133 cm³/mol. The van der Waals surface area contributed by atoms with Crippen molar-refractivity contribution in [3.05, 3.63) is 77.1 Å². The van der Waals surface area contributed by atoms with Crippen molar-refractivity contribution < 1.29 is 9.47 Å². The number of nitrogens with zero attached hydrogens (tertiary/aromatic N) is 6. The van der Waals surface area contributed by atoms with E-state index in [0.29, 0.717) is 23.1 Å². The number of methoxy groups -OCH3 is 2. The van der Waals surface area contributed by atoms with Crippen molar-refractivity contribution in [2.75, 3.05) is 46.9 Å². The van der Waals surface area contributed by atoms with Crippen LogP contribution in [0.4, 0.5) is 0 Å². The Hall–Kier alpha value is -2.94. The third kappa shape index (κ3) is 5.58. The highest BCUT2D eigenvalue weighted by molar-refractivity contribution is 6.30. The minimum absolute atomic E-state index is 0.0523. The van der Waals surface area contributed by atoms with Crippen molar-refractivity contribution in [3.63, 3.8) is 0 Å². The molecule has 0 saturated carbocycles. The molecule has 0 N–H and O–H groups in total. The van der Waals surface area contributed by atoms with Crippen LogP contribution in [0.3, 0.4) is 0 Å². The second-order valence-corrected chi connectivity index (χ2v) is 8.72. The third-order valence-corrected chi connectivity index (χ3v) is 6.46. The van der Waals surface area contributed by atoms with E-state index >= 15 is 0 Å². The van der Waals surface area contributed by atoms with Gasteiger partial charge in [-0.05, 0) is 52.2 Å². The number of halogens is 1. The predicted octanol–water partition coefficient (Wildman–Crippen LogP) is 3.48. The summed E-state index contributed by atoms with van der Waals surface area (Å²) >= 11 is 6.18. The second-order valence-electron chi connectivity index (χ2n) is 8.28. The average Bonchev–Trinajstić information content (AvgIpc) is 3.33. The Kier molecular flexibility index (Phi) is 8.16. The van der Waals surface area contributed by atoms with Crippen LogP contribution in [0.2, 0.25) is 5.02 Å². The summed E-state index contributed by atoms with van der Waals surface area (Å²) in [6.07, 6.45) is 2.72. The van der Waals surface area contributed by atoms with Crippen molar-refractivity contribution in [2.24, 2.45) is 0 Å². The largest absolute Gasteiger partial charge is 0.493 e. The number of rotatable bonds is 10. The minimum Gasteiger partial charge on any atom is -0.493 e. The Bertz CT molecular complexity index is 1080. The fourth-order valence-electron chi connectivity index (χ4n) is 4.39. The molecule has 0 amide bonds. The lowest BCUT2D eigenvalue weighted by Crippen LogP contribution is -2.48. The molecule has 4 rings (SSSR count). The number of hydrogen-bond donors (Lipinski definition) is 0. The maximum Gasteiger partial charge on any atom is 0.173 e. The molecule has 3 aromatic rings. The summed E-state index contributed by atoms with van der Waals surface area (Å²) in [5.74, 6) is 2.26.